The number of carbonyl (C=O) groups is 2. The summed E-state index contributed by atoms with van der Waals surface area (Å²) in [5.74, 6) is 0.746. The van der Waals surface area contributed by atoms with E-state index in [1.165, 1.54) is 0 Å². The molecule has 0 aliphatic heterocycles. The fraction of sp³-hybridized carbons (Fsp3) is 0.417. The van der Waals surface area contributed by atoms with Gasteiger partial charge in [0.1, 0.15) is 5.75 Å². The Morgan fingerprint density at radius 1 is 1.03 bits per heavy atom. The van der Waals surface area contributed by atoms with Crippen molar-refractivity contribution in [3.63, 3.8) is 0 Å². The van der Waals surface area contributed by atoms with Gasteiger partial charge in [0.2, 0.25) is 0 Å². The zero-order valence-electron chi connectivity index (χ0n) is 18.3. The first-order valence-electron chi connectivity index (χ1n) is 10.2. The molecule has 0 aliphatic carbocycles. The molecule has 2 amide bonds. The molecule has 2 rings (SSSR count). The lowest BCUT2D eigenvalue weighted by Gasteiger charge is -2.19. The molecule has 0 heterocycles. The number of hydrogen-bond donors (Lipinski definition) is 1. The van der Waals surface area contributed by atoms with Crippen molar-refractivity contribution in [1.82, 2.24) is 4.90 Å². The first-order chi connectivity index (χ1) is 13.8. The number of amides is 2. The van der Waals surface area contributed by atoms with Crippen molar-refractivity contribution in [2.75, 3.05) is 25.0 Å². The molecule has 156 valence electrons. The molecule has 29 heavy (non-hydrogen) atoms. The summed E-state index contributed by atoms with van der Waals surface area (Å²) in [6.45, 7) is 13.2. The molecule has 0 radical (unpaired) electrons. The number of nitrogens with one attached hydrogen (secondary N) is 1. The molecule has 0 saturated carbocycles. The molecule has 0 aliphatic rings. The van der Waals surface area contributed by atoms with E-state index >= 15 is 0 Å². The normalized spacial score (nSPS) is 10.7. The Morgan fingerprint density at radius 3 is 2.34 bits per heavy atom. The second kappa shape index (κ2) is 10.1. The highest BCUT2D eigenvalue weighted by Gasteiger charge is 2.15. The van der Waals surface area contributed by atoms with Gasteiger partial charge in [-0.15, -0.1) is 0 Å². The van der Waals surface area contributed by atoms with Crippen LogP contribution in [0.25, 0.3) is 0 Å². The van der Waals surface area contributed by atoms with Gasteiger partial charge in [-0.25, -0.2) is 0 Å². The molecule has 0 bridgehead atoms. The summed E-state index contributed by atoms with van der Waals surface area (Å²) >= 11 is 0. The Bertz CT molecular complexity index is 870. The van der Waals surface area contributed by atoms with E-state index in [0.717, 1.165) is 22.4 Å². The van der Waals surface area contributed by atoms with Gasteiger partial charge in [0.05, 0.1) is 0 Å². The number of hydrogen-bond acceptors (Lipinski definition) is 3. The summed E-state index contributed by atoms with van der Waals surface area (Å²) in [4.78, 5) is 26.8. The van der Waals surface area contributed by atoms with Crippen LogP contribution in [0.15, 0.2) is 36.4 Å². The van der Waals surface area contributed by atoms with Gasteiger partial charge in [0.15, 0.2) is 6.61 Å². The first kappa shape index (κ1) is 22.5. The Hall–Kier alpha value is -2.82. The number of rotatable bonds is 8. The molecule has 0 atom stereocenters. The van der Waals surface area contributed by atoms with Gasteiger partial charge in [0, 0.05) is 24.3 Å². The average molecular weight is 397 g/mol. The van der Waals surface area contributed by atoms with Crippen molar-refractivity contribution < 1.29 is 14.3 Å². The number of benzene rings is 2. The first-order valence-corrected chi connectivity index (χ1v) is 10.2. The molecule has 2 aromatic rings. The summed E-state index contributed by atoms with van der Waals surface area (Å²) < 4.78 is 5.82. The quantitative estimate of drug-likeness (QED) is 0.688. The summed E-state index contributed by atoms with van der Waals surface area (Å²) in [5, 5.41) is 2.88. The van der Waals surface area contributed by atoms with Crippen LogP contribution < -0.4 is 10.1 Å². The molecule has 5 nitrogen and oxygen atoms in total. The van der Waals surface area contributed by atoms with Crippen LogP contribution in [0, 0.1) is 13.8 Å². The van der Waals surface area contributed by atoms with E-state index < -0.39 is 0 Å². The zero-order valence-corrected chi connectivity index (χ0v) is 18.3. The lowest BCUT2D eigenvalue weighted by atomic mass is 10.0. The molecule has 0 unspecified atom stereocenters. The monoisotopic (exact) mass is 396 g/mol. The van der Waals surface area contributed by atoms with Crippen molar-refractivity contribution in [2.24, 2.45) is 0 Å². The zero-order chi connectivity index (χ0) is 21.6. The smallest absolute Gasteiger partial charge is 0.262 e. The average Bonchev–Trinajstić information content (AvgIpc) is 2.68. The van der Waals surface area contributed by atoms with E-state index in [1.54, 1.807) is 17.0 Å². The van der Waals surface area contributed by atoms with Crippen molar-refractivity contribution >= 4 is 17.5 Å². The van der Waals surface area contributed by atoms with Crippen LogP contribution in [0.2, 0.25) is 0 Å². The van der Waals surface area contributed by atoms with Crippen LogP contribution in [0.1, 0.15) is 60.7 Å². The Balaban J connectivity index is 2.11. The number of nitrogens with zero attached hydrogens (tertiary/aromatic N) is 1. The van der Waals surface area contributed by atoms with Crippen molar-refractivity contribution in [3.05, 3.63) is 58.7 Å². The topological polar surface area (TPSA) is 58.6 Å². The number of anilines is 1. The molecule has 0 saturated heterocycles. The Kier molecular flexibility index (Phi) is 7.82. The molecular formula is C24H32N2O3. The lowest BCUT2D eigenvalue weighted by Crippen LogP contribution is -2.30. The molecule has 5 heteroatoms. The van der Waals surface area contributed by atoms with Crippen LogP contribution in [-0.4, -0.2) is 36.4 Å². The Morgan fingerprint density at radius 2 is 1.72 bits per heavy atom. The van der Waals surface area contributed by atoms with E-state index in [2.05, 4.69) is 19.2 Å². The molecule has 0 fully saturated rings. The van der Waals surface area contributed by atoms with Crippen LogP contribution in [-0.2, 0) is 4.79 Å². The SMILES string of the molecule is CCN(CC)C(=O)c1ccc(C)c(NC(=O)COc2cc(C)ccc2C(C)C)c1. The predicted octanol–water partition coefficient (Wildman–Crippen LogP) is 4.93. The molecule has 1 N–H and O–H groups in total. The van der Waals surface area contributed by atoms with Crippen molar-refractivity contribution in [2.45, 2.75) is 47.5 Å². The number of ether oxygens (including phenoxy) is 1. The predicted molar refractivity (Wildman–Crippen MR) is 118 cm³/mol. The summed E-state index contributed by atoms with van der Waals surface area (Å²) in [7, 11) is 0. The van der Waals surface area contributed by atoms with Crippen LogP contribution in [0.4, 0.5) is 5.69 Å². The van der Waals surface area contributed by atoms with Crippen molar-refractivity contribution in [1.29, 1.82) is 0 Å². The van der Waals surface area contributed by atoms with Gasteiger partial charge in [-0.3, -0.25) is 9.59 Å². The van der Waals surface area contributed by atoms with E-state index in [0.29, 0.717) is 30.3 Å². The highest BCUT2D eigenvalue weighted by atomic mass is 16.5. The number of carbonyl (C=O) groups excluding carboxylic acids is 2. The second-order valence-electron chi connectivity index (χ2n) is 7.54. The molecule has 2 aromatic carbocycles. The lowest BCUT2D eigenvalue weighted by molar-refractivity contribution is -0.118. The number of aryl methyl sites for hydroxylation is 2. The maximum Gasteiger partial charge on any atom is 0.262 e. The van der Waals surface area contributed by atoms with Crippen LogP contribution in [0.3, 0.4) is 0 Å². The third-order valence-electron chi connectivity index (χ3n) is 4.96. The maximum absolute atomic E-state index is 12.6. The van der Waals surface area contributed by atoms with Gasteiger partial charge >= 0.3 is 0 Å². The molecular weight excluding hydrogens is 364 g/mol. The second-order valence-corrected chi connectivity index (χ2v) is 7.54. The summed E-state index contributed by atoms with van der Waals surface area (Å²) in [5.41, 5.74) is 4.25. The van der Waals surface area contributed by atoms with Gasteiger partial charge in [-0.1, -0.05) is 32.0 Å². The largest absolute Gasteiger partial charge is 0.483 e. The molecule has 0 aromatic heterocycles. The third-order valence-corrected chi connectivity index (χ3v) is 4.96. The highest BCUT2D eigenvalue weighted by molar-refractivity contribution is 5.98. The summed E-state index contributed by atoms with van der Waals surface area (Å²) in [6, 6.07) is 11.4. The van der Waals surface area contributed by atoms with Crippen LogP contribution >= 0.6 is 0 Å². The molecule has 0 spiro atoms. The highest BCUT2D eigenvalue weighted by Crippen LogP contribution is 2.27. The van der Waals surface area contributed by atoms with Gasteiger partial charge < -0.3 is 15.0 Å². The maximum atomic E-state index is 12.6. The van der Waals surface area contributed by atoms with Crippen LogP contribution in [0.5, 0.6) is 5.75 Å². The van der Waals surface area contributed by atoms with Crippen molar-refractivity contribution in [3.8, 4) is 5.75 Å². The van der Waals surface area contributed by atoms with E-state index in [9.17, 15) is 9.59 Å². The minimum absolute atomic E-state index is 0.0388. The minimum Gasteiger partial charge on any atom is -0.483 e. The van der Waals surface area contributed by atoms with Gasteiger partial charge in [-0.2, -0.15) is 0 Å². The fourth-order valence-electron chi connectivity index (χ4n) is 3.16. The van der Waals surface area contributed by atoms with Gasteiger partial charge in [0.25, 0.3) is 11.8 Å². The fourth-order valence-corrected chi connectivity index (χ4v) is 3.16. The van der Waals surface area contributed by atoms with E-state index in [4.69, 9.17) is 4.74 Å². The minimum atomic E-state index is -0.253. The van der Waals surface area contributed by atoms with E-state index in [1.807, 2.05) is 52.0 Å². The Labute approximate surface area is 174 Å². The third kappa shape index (κ3) is 5.83. The van der Waals surface area contributed by atoms with E-state index in [-0.39, 0.29) is 18.4 Å². The summed E-state index contributed by atoms with van der Waals surface area (Å²) in [6.07, 6.45) is 0. The standard InChI is InChI=1S/C24H32N2O3/c1-7-26(8-2)24(28)19-11-10-18(6)21(14-19)25-23(27)15-29-22-13-17(5)9-12-20(22)16(3)4/h9-14,16H,7-8,15H2,1-6H3,(H,25,27). The van der Waals surface area contributed by atoms with Gasteiger partial charge in [-0.05, 0) is 68.5 Å².